The summed E-state index contributed by atoms with van der Waals surface area (Å²) in [6.45, 7) is 7.60. The summed E-state index contributed by atoms with van der Waals surface area (Å²) in [5.74, 6) is 0.579. The second-order valence-corrected chi connectivity index (χ2v) is 7.78. The van der Waals surface area contributed by atoms with Gasteiger partial charge in [-0.3, -0.25) is 0 Å². The van der Waals surface area contributed by atoms with Gasteiger partial charge < -0.3 is 10.1 Å². The van der Waals surface area contributed by atoms with Gasteiger partial charge in [-0.05, 0) is 56.7 Å². The first-order valence-corrected chi connectivity index (χ1v) is 8.41. The molecule has 0 amide bonds. The fraction of sp³-hybridized carbons (Fsp3) is 0.647. The lowest BCUT2D eigenvalue weighted by atomic mass is 9.60. The third-order valence-electron chi connectivity index (χ3n) is 5.04. The van der Waals surface area contributed by atoms with Crippen LogP contribution in [0.4, 0.5) is 0 Å². The first-order chi connectivity index (χ1) is 9.53. The summed E-state index contributed by atoms with van der Waals surface area (Å²) < 4.78 is 7.22. The lowest BCUT2D eigenvalue weighted by Crippen LogP contribution is -2.51. The minimum atomic E-state index is 0.00902. The Labute approximate surface area is 130 Å². The monoisotopic (exact) mass is 337 g/mol. The Morgan fingerprint density at radius 1 is 1.25 bits per heavy atom. The van der Waals surface area contributed by atoms with E-state index < -0.39 is 0 Å². The molecule has 20 heavy (non-hydrogen) atoms. The second kappa shape index (κ2) is 5.43. The maximum Gasteiger partial charge on any atom is 0.0632 e. The van der Waals surface area contributed by atoms with E-state index in [2.05, 4.69) is 59.4 Å². The number of hydrogen-bond donors (Lipinski definition) is 1. The van der Waals surface area contributed by atoms with Gasteiger partial charge in [0.15, 0.2) is 0 Å². The van der Waals surface area contributed by atoms with Crippen LogP contribution in [-0.4, -0.2) is 25.3 Å². The molecule has 1 N–H and O–H groups in total. The van der Waals surface area contributed by atoms with Gasteiger partial charge in [-0.15, -0.1) is 0 Å². The van der Waals surface area contributed by atoms with Gasteiger partial charge in [0.05, 0.1) is 5.60 Å². The molecule has 0 saturated carbocycles. The molecule has 0 aromatic heterocycles. The highest BCUT2D eigenvalue weighted by atomic mass is 79.9. The Kier molecular flexibility index (Phi) is 3.95. The van der Waals surface area contributed by atoms with Crippen molar-refractivity contribution in [3.05, 3.63) is 34.3 Å². The van der Waals surface area contributed by atoms with Crippen LogP contribution in [-0.2, 0) is 4.74 Å². The molecule has 3 heteroatoms. The summed E-state index contributed by atoms with van der Waals surface area (Å²) in [5, 5.41) is 3.60. The number of nitrogens with one attached hydrogen (secondary N) is 1. The molecule has 0 bridgehead atoms. The number of piperidine rings is 1. The summed E-state index contributed by atoms with van der Waals surface area (Å²) in [6.07, 6.45) is 3.60. The molecule has 0 aliphatic carbocycles. The zero-order valence-corrected chi connectivity index (χ0v) is 14.0. The average molecular weight is 338 g/mol. The highest BCUT2D eigenvalue weighted by molar-refractivity contribution is 9.10. The van der Waals surface area contributed by atoms with Crippen molar-refractivity contribution in [3.8, 4) is 0 Å². The topological polar surface area (TPSA) is 21.3 Å². The van der Waals surface area contributed by atoms with Crippen molar-refractivity contribution in [3.63, 3.8) is 0 Å². The standard InChI is InChI=1S/C17H24BrNO/c1-16(2)12-17(8-10-20-16)7-9-19-11-14(17)13-5-3-4-6-15(13)18/h3-6,14,19H,7-12H2,1-2H3. The molecule has 110 valence electrons. The minimum absolute atomic E-state index is 0.00902. The van der Waals surface area contributed by atoms with Crippen LogP contribution >= 0.6 is 15.9 Å². The van der Waals surface area contributed by atoms with Crippen LogP contribution in [0.3, 0.4) is 0 Å². The van der Waals surface area contributed by atoms with E-state index in [4.69, 9.17) is 4.74 Å². The van der Waals surface area contributed by atoms with Crippen molar-refractivity contribution in [2.75, 3.05) is 19.7 Å². The third kappa shape index (κ3) is 2.68. The molecule has 0 radical (unpaired) electrons. The molecular formula is C17H24BrNO. The molecule has 1 spiro atoms. The van der Waals surface area contributed by atoms with Crippen LogP contribution in [0.1, 0.15) is 44.6 Å². The smallest absolute Gasteiger partial charge is 0.0632 e. The van der Waals surface area contributed by atoms with Gasteiger partial charge in [0.25, 0.3) is 0 Å². The Morgan fingerprint density at radius 3 is 2.80 bits per heavy atom. The minimum Gasteiger partial charge on any atom is -0.376 e. The van der Waals surface area contributed by atoms with Crippen LogP contribution in [0.25, 0.3) is 0 Å². The quantitative estimate of drug-likeness (QED) is 0.832. The number of benzene rings is 1. The lowest BCUT2D eigenvalue weighted by molar-refractivity contribution is -0.119. The molecule has 2 atom stereocenters. The molecule has 1 aromatic rings. The molecule has 2 fully saturated rings. The van der Waals surface area contributed by atoms with E-state index in [9.17, 15) is 0 Å². The van der Waals surface area contributed by atoms with Crippen molar-refractivity contribution in [2.24, 2.45) is 5.41 Å². The predicted octanol–water partition coefficient (Wildman–Crippen LogP) is 4.10. The lowest BCUT2D eigenvalue weighted by Gasteiger charge is -2.52. The molecular weight excluding hydrogens is 314 g/mol. The number of rotatable bonds is 1. The summed E-state index contributed by atoms with van der Waals surface area (Å²) in [6, 6.07) is 8.71. The molecule has 1 aromatic carbocycles. The third-order valence-corrected chi connectivity index (χ3v) is 5.76. The summed E-state index contributed by atoms with van der Waals surface area (Å²) in [4.78, 5) is 0. The van der Waals surface area contributed by atoms with Crippen molar-refractivity contribution in [1.29, 1.82) is 0 Å². The molecule has 2 aliphatic rings. The SMILES string of the molecule is CC1(C)CC2(CCNCC2c2ccccc2Br)CCO1. The summed E-state index contributed by atoms with van der Waals surface area (Å²) in [7, 11) is 0. The zero-order chi connectivity index (χ0) is 14.2. The number of hydrogen-bond acceptors (Lipinski definition) is 2. The molecule has 2 unspecified atom stereocenters. The predicted molar refractivity (Wildman–Crippen MR) is 86.1 cm³/mol. The Morgan fingerprint density at radius 2 is 2.05 bits per heavy atom. The molecule has 2 heterocycles. The van der Waals surface area contributed by atoms with Gasteiger partial charge >= 0.3 is 0 Å². The van der Waals surface area contributed by atoms with Crippen LogP contribution in [0.2, 0.25) is 0 Å². The van der Waals surface area contributed by atoms with Gasteiger partial charge in [-0.1, -0.05) is 34.1 Å². The van der Waals surface area contributed by atoms with Gasteiger partial charge in [0, 0.05) is 23.5 Å². The highest BCUT2D eigenvalue weighted by Gasteiger charge is 2.47. The fourth-order valence-electron chi connectivity index (χ4n) is 4.20. The molecule has 2 nitrogen and oxygen atoms in total. The maximum atomic E-state index is 5.98. The van der Waals surface area contributed by atoms with E-state index in [1.807, 2.05) is 0 Å². The van der Waals surface area contributed by atoms with Gasteiger partial charge in [-0.25, -0.2) is 0 Å². The normalized spacial score (nSPS) is 33.2. The van der Waals surface area contributed by atoms with Crippen molar-refractivity contribution < 1.29 is 4.74 Å². The van der Waals surface area contributed by atoms with Gasteiger partial charge in [-0.2, -0.15) is 0 Å². The first kappa shape index (κ1) is 14.6. The van der Waals surface area contributed by atoms with Crippen LogP contribution < -0.4 is 5.32 Å². The second-order valence-electron chi connectivity index (χ2n) is 6.93. The van der Waals surface area contributed by atoms with Crippen LogP contribution in [0.5, 0.6) is 0 Å². The Bertz CT molecular complexity index is 484. The number of halogens is 1. The van der Waals surface area contributed by atoms with Gasteiger partial charge in [0.2, 0.25) is 0 Å². The maximum absolute atomic E-state index is 5.98. The van der Waals surface area contributed by atoms with Crippen molar-refractivity contribution in [2.45, 2.75) is 44.6 Å². The Hall–Kier alpha value is -0.380. The largest absolute Gasteiger partial charge is 0.376 e. The van der Waals surface area contributed by atoms with Crippen molar-refractivity contribution >= 4 is 15.9 Å². The van der Waals surface area contributed by atoms with Crippen LogP contribution in [0.15, 0.2) is 28.7 Å². The fourth-order valence-corrected chi connectivity index (χ4v) is 4.76. The first-order valence-electron chi connectivity index (χ1n) is 7.62. The van der Waals surface area contributed by atoms with E-state index in [1.54, 1.807) is 0 Å². The molecule has 2 saturated heterocycles. The van der Waals surface area contributed by atoms with Crippen LogP contribution in [0, 0.1) is 5.41 Å². The molecule has 3 rings (SSSR count). The van der Waals surface area contributed by atoms with E-state index in [0.717, 1.165) is 26.1 Å². The summed E-state index contributed by atoms with van der Waals surface area (Å²) >= 11 is 3.75. The van der Waals surface area contributed by atoms with E-state index in [0.29, 0.717) is 11.3 Å². The van der Waals surface area contributed by atoms with E-state index >= 15 is 0 Å². The van der Waals surface area contributed by atoms with E-state index in [-0.39, 0.29) is 5.60 Å². The van der Waals surface area contributed by atoms with Gasteiger partial charge in [0.1, 0.15) is 0 Å². The molecule has 2 aliphatic heterocycles. The number of ether oxygens (including phenoxy) is 1. The Balaban J connectivity index is 1.97. The zero-order valence-electron chi connectivity index (χ0n) is 12.4. The van der Waals surface area contributed by atoms with Crippen molar-refractivity contribution in [1.82, 2.24) is 5.32 Å². The summed E-state index contributed by atoms with van der Waals surface area (Å²) in [5.41, 5.74) is 1.85. The average Bonchev–Trinajstić information content (AvgIpc) is 2.39. The van der Waals surface area contributed by atoms with E-state index in [1.165, 1.54) is 22.9 Å². The highest BCUT2D eigenvalue weighted by Crippen LogP contribution is 2.52.